The molecule has 2 heterocycles. The molecule has 0 unspecified atom stereocenters. The monoisotopic (exact) mass is 318 g/mol. The summed E-state index contributed by atoms with van der Waals surface area (Å²) in [6.07, 6.45) is 6.83. The SMILES string of the molecule is CCCn1ccc[c]1[Ru][c]1cccn1CCC. The maximum atomic E-state index is 2.40. The van der Waals surface area contributed by atoms with E-state index in [4.69, 9.17) is 0 Å². The molecule has 0 fully saturated rings. The molecular weight excluding hydrogens is 297 g/mol. The zero-order valence-corrected chi connectivity index (χ0v) is 12.3. The Balaban J connectivity index is 2.13. The molecule has 3 heteroatoms. The normalized spacial score (nSPS) is 11.2. The van der Waals surface area contributed by atoms with Gasteiger partial charge in [-0.05, 0) is 0 Å². The molecule has 17 heavy (non-hydrogen) atoms. The van der Waals surface area contributed by atoms with Crippen LogP contribution < -0.4 is 8.58 Å². The molecule has 2 aromatic heterocycles. The van der Waals surface area contributed by atoms with Crippen LogP contribution in [0.15, 0.2) is 36.7 Å². The predicted molar refractivity (Wildman–Crippen MR) is 68.7 cm³/mol. The van der Waals surface area contributed by atoms with Crippen molar-refractivity contribution in [2.45, 2.75) is 39.8 Å². The number of nitrogens with zero attached hydrogens (tertiary/aromatic N) is 2. The number of hydrogen-bond donors (Lipinski definition) is 0. The van der Waals surface area contributed by atoms with Crippen molar-refractivity contribution >= 4 is 8.58 Å². The first-order chi connectivity index (χ1) is 8.35. The predicted octanol–water partition coefficient (Wildman–Crippen LogP) is 2.14. The molecule has 0 atom stereocenters. The van der Waals surface area contributed by atoms with Crippen LogP contribution in [0.4, 0.5) is 0 Å². The molecule has 94 valence electrons. The number of aromatic nitrogens is 2. The molecule has 2 nitrogen and oxygen atoms in total. The summed E-state index contributed by atoms with van der Waals surface area (Å²) >= 11 is 0.158. The van der Waals surface area contributed by atoms with E-state index in [1.807, 2.05) is 0 Å². The summed E-state index contributed by atoms with van der Waals surface area (Å²) in [5, 5.41) is 0. The van der Waals surface area contributed by atoms with Gasteiger partial charge in [0.25, 0.3) is 0 Å². The molecule has 0 aliphatic carbocycles. The number of rotatable bonds is 6. The molecule has 0 amide bonds. The van der Waals surface area contributed by atoms with E-state index >= 15 is 0 Å². The van der Waals surface area contributed by atoms with Crippen LogP contribution in [0, 0.1) is 0 Å². The van der Waals surface area contributed by atoms with Crippen LogP contribution in [0.2, 0.25) is 0 Å². The average molecular weight is 317 g/mol. The second-order valence-electron chi connectivity index (χ2n) is 4.11. The van der Waals surface area contributed by atoms with Crippen LogP contribution in [0.5, 0.6) is 0 Å². The van der Waals surface area contributed by atoms with E-state index in [9.17, 15) is 0 Å². The zero-order valence-electron chi connectivity index (χ0n) is 10.5. The molecule has 0 aromatic carbocycles. The van der Waals surface area contributed by atoms with Crippen LogP contribution in [0.25, 0.3) is 0 Å². The fourth-order valence-electron chi connectivity index (χ4n) is 1.87. The summed E-state index contributed by atoms with van der Waals surface area (Å²) in [6.45, 7) is 6.76. The van der Waals surface area contributed by atoms with Gasteiger partial charge < -0.3 is 0 Å². The molecule has 0 aliphatic heterocycles. The van der Waals surface area contributed by atoms with Crippen LogP contribution in [-0.4, -0.2) is 9.13 Å². The van der Waals surface area contributed by atoms with Crippen LogP contribution in [-0.2, 0) is 30.2 Å². The molecule has 2 aromatic rings. The third-order valence-electron chi connectivity index (χ3n) is 2.64. The summed E-state index contributed by atoms with van der Waals surface area (Å²) in [5.74, 6) is 0. The van der Waals surface area contributed by atoms with Crippen molar-refractivity contribution in [2.24, 2.45) is 0 Å². The Morgan fingerprint density at radius 1 is 0.882 bits per heavy atom. The minimum absolute atomic E-state index is 0.158. The van der Waals surface area contributed by atoms with Gasteiger partial charge >= 0.3 is 111 Å². The molecule has 2 rings (SSSR count). The van der Waals surface area contributed by atoms with E-state index in [2.05, 4.69) is 59.6 Å². The van der Waals surface area contributed by atoms with Gasteiger partial charge in [0.2, 0.25) is 0 Å². The van der Waals surface area contributed by atoms with Crippen LogP contribution in [0.1, 0.15) is 26.7 Å². The molecule has 0 saturated carbocycles. The third kappa shape index (κ3) is 3.10. The first kappa shape index (κ1) is 12.6. The molecule has 0 saturated heterocycles. The van der Waals surface area contributed by atoms with Crippen molar-refractivity contribution in [3.63, 3.8) is 0 Å². The standard InChI is InChI=1S/2C7H10N.Ru/c2*1-2-5-8-6-3-4-7-8;/h2*3-4,6H,2,5H2,1H3;. The topological polar surface area (TPSA) is 9.86 Å². The van der Waals surface area contributed by atoms with Crippen LogP contribution >= 0.6 is 0 Å². The number of hydrogen-bond acceptors (Lipinski definition) is 0. The Labute approximate surface area is 111 Å². The Bertz CT molecular complexity index is 414. The summed E-state index contributed by atoms with van der Waals surface area (Å²) in [4.78, 5) is 0. The summed E-state index contributed by atoms with van der Waals surface area (Å²) in [7, 11) is 0. The first-order valence-corrected chi connectivity index (χ1v) is 8.01. The number of aryl methyl sites for hydroxylation is 2. The van der Waals surface area contributed by atoms with E-state index in [0.29, 0.717) is 0 Å². The van der Waals surface area contributed by atoms with Crippen molar-refractivity contribution in [3.05, 3.63) is 36.7 Å². The third-order valence-corrected chi connectivity index (χ3v) is 5.10. The van der Waals surface area contributed by atoms with Gasteiger partial charge in [-0.25, -0.2) is 0 Å². The Morgan fingerprint density at radius 3 is 1.76 bits per heavy atom. The van der Waals surface area contributed by atoms with Crippen molar-refractivity contribution in [2.75, 3.05) is 0 Å². The maximum absolute atomic E-state index is 2.40. The van der Waals surface area contributed by atoms with E-state index in [-0.39, 0.29) is 17.1 Å². The van der Waals surface area contributed by atoms with Gasteiger partial charge in [0.1, 0.15) is 0 Å². The summed E-state index contributed by atoms with van der Waals surface area (Å²) in [5.41, 5.74) is 0. The van der Waals surface area contributed by atoms with Crippen molar-refractivity contribution in [1.29, 1.82) is 0 Å². The van der Waals surface area contributed by atoms with Gasteiger partial charge in [-0.3, -0.25) is 0 Å². The van der Waals surface area contributed by atoms with Gasteiger partial charge in [0, 0.05) is 0 Å². The Kier molecular flexibility index (Phi) is 4.61. The Hall–Kier alpha value is -0.817. The summed E-state index contributed by atoms with van der Waals surface area (Å²) < 4.78 is 7.83. The van der Waals surface area contributed by atoms with E-state index in [1.165, 1.54) is 21.4 Å². The van der Waals surface area contributed by atoms with E-state index in [1.54, 1.807) is 0 Å². The second-order valence-corrected chi connectivity index (χ2v) is 6.33. The minimum atomic E-state index is 0.158. The van der Waals surface area contributed by atoms with Gasteiger partial charge in [0.15, 0.2) is 0 Å². The van der Waals surface area contributed by atoms with E-state index in [0.717, 1.165) is 13.1 Å². The van der Waals surface area contributed by atoms with E-state index < -0.39 is 0 Å². The van der Waals surface area contributed by atoms with Crippen molar-refractivity contribution in [3.8, 4) is 0 Å². The second kappa shape index (κ2) is 6.21. The first-order valence-electron chi connectivity index (χ1n) is 6.27. The quantitative estimate of drug-likeness (QED) is 0.723. The van der Waals surface area contributed by atoms with Gasteiger partial charge in [-0.1, -0.05) is 0 Å². The molecule has 0 N–H and O–H groups in total. The zero-order chi connectivity index (χ0) is 12.1. The molecule has 0 spiro atoms. The van der Waals surface area contributed by atoms with Gasteiger partial charge in [0.05, 0.1) is 0 Å². The fourth-order valence-corrected chi connectivity index (χ4v) is 4.10. The summed E-state index contributed by atoms with van der Waals surface area (Å²) in [6, 6.07) is 8.90. The fraction of sp³-hybridized carbons (Fsp3) is 0.429. The van der Waals surface area contributed by atoms with Crippen molar-refractivity contribution in [1.82, 2.24) is 9.13 Å². The van der Waals surface area contributed by atoms with Crippen LogP contribution in [0.3, 0.4) is 0 Å². The molecule has 0 aliphatic rings. The molecule has 0 radical (unpaired) electrons. The van der Waals surface area contributed by atoms with Gasteiger partial charge in [-0.2, -0.15) is 0 Å². The van der Waals surface area contributed by atoms with Crippen molar-refractivity contribution < 1.29 is 17.1 Å². The molecular formula is C14H20N2Ru. The Morgan fingerprint density at radius 2 is 1.35 bits per heavy atom. The van der Waals surface area contributed by atoms with Gasteiger partial charge in [-0.15, -0.1) is 0 Å². The average Bonchev–Trinajstić information content (AvgIpc) is 2.92. The molecule has 0 bridgehead atoms.